The monoisotopic (exact) mass is 178 g/mol. The summed E-state index contributed by atoms with van der Waals surface area (Å²) in [5.74, 6) is -0.230. The fourth-order valence-electron chi connectivity index (χ4n) is 0.839. The predicted molar refractivity (Wildman–Crippen MR) is 49.8 cm³/mol. The molecule has 3 nitrogen and oxygen atoms in total. The Morgan fingerprint density at radius 3 is 1.67 bits per heavy atom. The number of hydrogen-bond acceptors (Lipinski definition) is 3. The molecule has 0 aliphatic rings. The first kappa shape index (κ1) is 14.4. The van der Waals surface area contributed by atoms with Gasteiger partial charge in [-0.1, -0.05) is 28.2 Å². The molecule has 0 fully saturated rings. The van der Waals surface area contributed by atoms with Crippen LogP contribution in [-0.2, 0) is 0 Å². The summed E-state index contributed by atoms with van der Waals surface area (Å²) in [6, 6.07) is 0. The molecule has 0 spiro atoms. The highest BCUT2D eigenvalue weighted by atomic mass is 16.3. The molecule has 0 saturated carbocycles. The van der Waals surface area contributed by atoms with Crippen molar-refractivity contribution in [3.05, 3.63) is 0 Å². The van der Waals surface area contributed by atoms with Gasteiger partial charge in [0.2, 0.25) is 0 Å². The van der Waals surface area contributed by atoms with Gasteiger partial charge in [0.1, 0.15) is 0 Å². The Balaban J connectivity index is 0. The second-order valence-corrected chi connectivity index (χ2v) is 3.39. The van der Waals surface area contributed by atoms with Crippen molar-refractivity contribution in [3.8, 4) is 0 Å². The quantitative estimate of drug-likeness (QED) is 0.591. The van der Waals surface area contributed by atoms with E-state index >= 15 is 0 Å². The van der Waals surface area contributed by atoms with E-state index < -0.39 is 12.2 Å². The van der Waals surface area contributed by atoms with E-state index in [-0.39, 0.29) is 25.9 Å². The first-order chi connectivity index (χ1) is 5.00. The van der Waals surface area contributed by atoms with Gasteiger partial charge in [0.05, 0.1) is 12.2 Å². The second-order valence-electron chi connectivity index (χ2n) is 3.39. The van der Waals surface area contributed by atoms with E-state index in [1.807, 2.05) is 13.8 Å². The molecule has 0 bridgehead atoms. The van der Waals surface area contributed by atoms with E-state index in [4.69, 9.17) is 5.11 Å². The lowest BCUT2D eigenvalue weighted by molar-refractivity contribution is -0.0473. The minimum absolute atomic E-state index is 0. The summed E-state index contributed by atoms with van der Waals surface area (Å²) in [6.07, 6.45) is -1.56. The van der Waals surface area contributed by atoms with Gasteiger partial charge >= 0.3 is 0 Å². The maximum absolute atomic E-state index is 9.35. The van der Waals surface area contributed by atoms with Crippen LogP contribution in [0.2, 0.25) is 0 Å². The molecule has 0 aromatic heterocycles. The van der Waals surface area contributed by atoms with Crippen molar-refractivity contribution in [2.75, 3.05) is 6.61 Å². The Morgan fingerprint density at radius 1 is 1.00 bits per heavy atom. The van der Waals surface area contributed by atoms with Crippen LogP contribution < -0.4 is 0 Å². The number of aliphatic hydroxyl groups excluding tert-OH is 3. The average molecular weight is 178 g/mol. The van der Waals surface area contributed by atoms with Crippen LogP contribution in [0.3, 0.4) is 0 Å². The van der Waals surface area contributed by atoms with Gasteiger partial charge in [-0.15, -0.1) is 0 Å². The zero-order valence-electron chi connectivity index (χ0n) is 7.36. The Bertz CT molecular complexity index is 104. The summed E-state index contributed by atoms with van der Waals surface area (Å²) in [7, 11) is 0. The molecule has 0 aliphatic carbocycles. The molecular formula is C9H22O3. The molecule has 0 saturated heterocycles. The Labute approximate surface area is 75.0 Å². The molecule has 1 unspecified atom stereocenters. The Hall–Kier alpha value is -0.120. The van der Waals surface area contributed by atoms with Gasteiger partial charge < -0.3 is 15.3 Å². The van der Waals surface area contributed by atoms with E-state index in [0.29, 0.717) is 0 Å². The van der Waals surface area contributed by atoms with Crippen LogP contribution >= 0.6 is 0 Å². The average Bonchev–Trinajstić information content (AvgIpc) is 2.00. The SMILES string of the molecule is C.CC(C)[C@@H](O)C(O)[C@H](C)CO. The fraction of sp³-hybridized carbons (Fsp3) is 1.00. The van der Waals surface area contributed by atoms with E-state index in [9.17, 15) is 10.2 Å². The maximum Gasteiger partial charge on any atom is 0.0848 e. The van der Waals surface area contributed by atoms with Crippen molar-refractivity contribution in [3.63, 3.8) is 0 Å². The normalized spacial score (nSPS) is 18.2. The molecule has 76 valence electrons. The molecule has 0 radical (unpaired) electrons. The summed E-state index contributed by atoms with van der Waals surface area (Å²) < 4.78 is 0. The van der Waals surface area contributed by atoms with Crippen LogP contribution in [0.15, 0.2) is 0 Å². The molecule has 3 heteroatoms. The van der Waals surface area contributed by atoms with Gasteiger partial charge in [-0.3, -0.25) is 0 Å². The highest BCUT2D eigenvalue weighted by Crippen LogP contribution is 2.13. The summed E-state index contributed by atoms with van der Waals surface area (Å²) in [4.78, 5) is 0. The van der Waals surface area contributed by atoms with Gasteiger partial charge in [-0.05, 0) is 5.92 Å². The molecule has 0 heterocycles. The van der Waals surface area contributed by atoms with Crippen molar-refractivity contribution in [2.45, 2.75) is 40.4 Å². The molecule has 12 heavy (non-hydrogen) atoms. The maximum atomic E-state index is 9.35. The highest BCUT2D eigenvalue weighted by Gasteiger charge is 2.24. The molecular weight excluding hydrogens is 156 g/mol. The third-order valence-corrected chi connectivity index (χ3v) is 1.90. The minimum Gasteiger partial charge on any atom is -0.396 e. The summed E-state index contributed by atoms with van der Waals surface area (Å²) in [5.41, 5.74) is 0. The fourth-order valence-corrected chi connectivity index (χ4v) is 0.839. The zero-order valence-corrected chi connectivity index (χ0v) is 7.36. The van der Waals surface area contributed by atoms with Crippen molar-refractivity contribution in [1.82, 2.24) is 0 Å². The first-order valence-electron chi connectivity index (χ1n) is 3.97. The highest BCUT2D eigenvalue weighted by molar-refractivity contribution is 4.74. The van der Waals surface area contributed by atoms with Crippen LogP contribution in [-0.4, -0.2) is 34.1 Å². The number of hydrogen-bond donors (Lipinski definition) is 3. The van der Waals surface area contributed by atoms with Crippen molar-refractivity contribution in [1.29, 1.82) is 0 Å². The zero-order chi connectivity index (χ0) is 9.02. The second kappa shape index (κ2) is 6.40. The van der Waals surface area contributed by atoms with Crippen molar-refractivity contribution >= 4 is 0 Å². The van der Waals surface area contributed by atoms with Crippen LogP contribution in [0.4, 0.5) is 0 Å². The van der Waals surface area contributed by atoms with Crippen LogP contribution in [0.1, 0.15) is 28.2 Å². The first-order valence-corrected chi connectivity index (χ1v) is 3.97. The standard InChI is InChI=1S/C8H18O3.CH4/c1-5(2)7(10)8(11)6(3)4-9;/h5-11H,4H2,1-3H3;1H4/t6-,7-,8?;/m1./s1. The lowest BCUT2D eigenvalue weighted by atomic mass is 9.93. The van der Waals surface area contributed by atoms with Crippen molar-refractivity contribution in [2.24, 2.45) is 11.8 Å². The summed E-state index contributed by atoms with van der Waals surface area (Å²) in [6.45, 7) is 5.27. The third-order valence-electron chi connectivity index (χ3n) is 1.90. The van der Waals surface area contributed by atoms with Crippen LogP contribution in [0, 0.1) is 11.8 Å². The lowest BCUT2D eigenvalue weighted by Crippen LogP contribution is -2.37. The van der Waals surface area contributed by atoms with Crippen LogP contribution in [0.5, 0.6) is 0 Å². The topological polar surface area (TPSA) is 60.7 Å². The molecule has 0 amide bonds. The van der Waals surface area contributed by atoms with Gasteiger partial charge in [0, 0.05) is 12.5 Å². The van der Waals surface area contributed by atoms with E-state index in [2.05, 4.69) is 0 Å². The van der Waals surface area contributed by atoms with E-state index in [1.54, 1.807) is 6.92 Å². The molecule has 0 rings (SSSR count). The molecule has 0 aromatic rings. The smallest absolute Gasteiger partial charge is 0.0848 e. The van der Waals surface area contributed by atoms with E-state index in [1.165, 1.54) is 0 Å². The Morgan fingerprint density at radius 2 is 1.42 bits per heavy atom. The number of aliphatic hydroxyl groups is 3. The predicted octanol–water partition coefficient (Wildman–Crippen LogP) is 0.629. The molecule has 3 atom stereocenters. The minimum atomic E-state index is -0.819. The molecule has 0 aliphatic heterocycles. The van der Waals surface area contributed by atoms with Crippen molar-refractivity contribution < 1.29 is 15.3 Å². The number of rotatable bonds is 4. The van der Waals surface area contributed by atoms with Gasteiger partial charge in [-0.2, -0.15) is 0 Å². The Kier molecular flexibility index (Phi) is 7.69. The molecule has 0 aromatic carbocycles. The van der Waals surface area contributed by atoms with Gasteiger partial charge in [0.25, 0.3) is 0 Å². The van der Waals surface area contributed by atoms with Gasteiger partial charge in [-0.25, -0.2) is 0 Å². The van der Waals surface area contributed by atoms with E-state index in [0.717, 1.165) is 0 Å². The lowest BCUT2D eigenvalue weighted by Gasteiger charge is -2.24. The van der Waals surface area contributed by atoms with Gasteiger partial charge in [0.15, 0.2) is 0 Å². The largest absolute Gasteiger partial charge is 0.396 e. The summed E-state index contributed by atoms with van der Waals surface area (Å²) >= 11 is 0. The molecule has 3 N–H and O–H groups in total. The summed E-state index contributed by atoms with van der Waals surface area (Å²) in [5, 5.41) is 27.3. The third kappa shape index (κ3) is 4.04. The van der Waals surface area contributed by atoms with Crippen LogP contribution in [0.25, 0.3) is 0 Å².